The topological polar surface area (TPSA) is 109 Å². The summed E-state index contributed by atoms with van der Waals surface area (Å²) in [5.41, 5.74) is -3.40. The fourth-order valence-electron chi connectivity index (χ4n) is 4.63. The summed E-state index contributed by atoms with van der Waals surface area (Å²) in [5.74, 6) is -2.65. The monoisotopic (exact) mass is 448 g/mol. The SMILES string of the molecule is C[C@]12CCCC[C@@]1(O)Cn1cc(C(=O)NCc3ccc(F)c(Cl)c3)c(=O)c(O)c1C2=O. The lowest BCUT2D eigenvalue weighted by Crippen LogP contribution is -2.60. The molecule has 1 aromatic carbocycles. The number of aromatic hydroxyl groups is 1. The average Bonchev–Trinajstić information content (AvgIpc) is 2.72. The van der Waals surface area contributed by atoms with Gasteiger partial charge in [-0.3, -0.25) is 14.4 Å². The van der Waals surface area contributed by atoms with E-state index < -0.39 is 39.7 Å². The average molecular weight is 449 g/mol. The van der Waals surface area contributed by atoms with Crippen LogP contribution in [0.2, 0.25) is 5.02 Å². The lowest BCUT2D eigenvalue weighted by Gasteiger charge is -2.51. The molecular weight excluding hydrogens is 427 g/mol. The van der Waals surface area contributed by atoms with Gasteiger partial charge >= 0.3 is 0 Å². The molecule has 164 valence electrons. The van der Waals surface area contributed by atoms with Crippen molar-refractivity contribution in [2.45, 2.75) is 51.3 Å². The third kappa shape index (κ3) is 3.34. The van der Waals surface area contributed by atoms with Crippen LogP contribution in [0.1, 0.15) is 59.0 Å². The number of rotatable bonds is 3. The van der Waals surface area contributed by atoms with Gasteiger partial charge in [-0.2, -0.15) is 0 Å². The van der Waals surface area contributed by atoms with Gasteiger partial charge in [0, 0.05) is 12.7 Å². The van der Waals surface area contributed by atoms with Gasteiger partial charge in [-0.05, 0) is 37.5 Å². The zero-order valence-electron chi connectivity index (χ0n) is 16.9. The van der Waals surface area contributed by atoms with E-state index in [-0.39, 0.29) is 29.4 Å². The third-order valence-electron chi connectivity index (χ3n) is 6.63. The maximum atomic E-state index is 13.3. The summed E-state index contributed by atoms with van der Waals surface area (Å²) in [7, 11) is 0. The zero-order valence-corrected chi connectivity index (χ0v) is 17.6. The van der Waals surface area contributed by atoms with Crippen molar-refractivity contribution in [3.05, 3.63) is 62.3 Å². The standard InChI is InChI=1S/C22H22ClFN2O5/c1-21-6-2-3-7-22(21,31)11-26-10-13(17(27)18(28)16(26)19(21)29)20(30)25-9-12-4-5-15(24)14(23)8-12/h4-5,8,10,28,31H,2-3,6-7,9,11H2,1H3,(H,25,30)/t21-,22-/m1/s1. The number of hydrogen-bond acceptors (Lipinski definition) is 5. The summed E-state index contributed by atoms with van der Waals surface area (Å²) in [6, 6.07) is 3.96. The molecule has 3 N–H and O–H groups in total. The minimum atomic E-state index is -1.32. The number of nitrogens with one attached hydrogen (secondary N) is 1. The molecule has 1 aromatic heterocycles. The van der Waals surface area contributed by atoms with E-state index in [1.807, 2.05) is 0 Å². The molecular formula is C22H22ClFN2O5. The largest absolute Gasteiger partial charge is 0.503 e. The van der Waals surface area contributed by atoms with Crippen LogP contribution in [0.3, 0.4) is 0 Å². The molecule has 1 fully saturated rings. The molecule has 9 heteroatoms. The molecule has 7 nitrogen and oxygen atoms in total. The first-order valence-electron chi connectivity index (χ1n) is 10.0. The number of carbonyl (C=O) groups excluding carboxylic acids is 2. The maximum absolute atomic E-state index is 13.3. The number of aliphatic hydroxyl groups is 1. The summed E-state index contributed by atoms with van der Waals surface area (Å²) < 4.78 is 14.6. The van der Waals surface area contributed by atoms with Crippen molar-refractivity contribution in [2.75, 3.05) is 0 Å². The molecule has 1 aliphatic carbocycles. The van der Waals surface area contributed by atoms with Crippen molar-refractivity contribution < 1.29 is 24.2 Å². The zero-order chi connectivity index (χ0) is 22.6. The number of fused-ring (bicyclic) bond motifs is 2. The second-order valence-electron chi connectivity index (χ2n) is 8.53. The van der Waals surface area contributed by atoms with Gasteiger partial charge in [-0.15, -0.1) is 0 Å². The number of halogens is 2. The Bertz CT molecular complexity index is 1160. The number of carbonyl (C=O) groups is 2. The van der Waals surface area contributed by atoms with Crippen LogP contribution >= 0.6 is 11.6 Å². The Morgan fingerprint density at radius 3 is 2.71 bits per heavy atom. The molecule has 2 atom stereocenters. The molecule has 2 heterocycles. The van der Waals surface area contributed by atoms with Crippen molar-refractivity contribution >= 4 is 23.3 Å². The van der Waals surface area contributed by atoms with E-state index in [0.29, 0.717) is 18.4 Å². The van der Waals surface area contributed by atoms with E-state index in [2.05, 4.69) is 5.32 Å². The van der Waals surface area contributed by atoms with Crippen molar-refractivity contribution in [3.63, 3.8) is 0 Å². The fraction of sp³-hybridized carbons (Fsp3) is 0.409. The van der Waals surface area contributed by atoms with Crippen LogP contribution in [0, 0.1) is 11.2 Å². The Kier molecular flexibility index (Phi) is 5.18. The highest BCUT2D eigenvalue weighted by molar-refractivity contribution is 6.30. The summed E-state index contributed by atoms with van der Waals surface area (Å²) >= 11 is 5.74. The van der Waals surface area contributed by atoms with Crippen LogP contribution in [0.15, 0.2) is 29.2 Å². The van der Waals surface area contributed by atoms with Crippen LogP contribution < -0.4 is 10.7 Å². The summed E-state index contributed by atoms with van der Waals surface area (Å²) in [6.07, 6.45) is 3.60. The van der Waals surface area contributed by atoms with E-state index in [1.54, 1.807) is 6.92 Å². The van der Waals surface area contributed by atoms with Gasteiger partial charge < -0.3 is 20.1 Å². The van der Waals surface area contributed by atoms with Gasteiger partial charge in [0.1, 0.15) is 17.1 Å². The van der Waals surface area contributed by atoms with Crippen LogP contribution in [-0.2, 0) is 13.1 Å². The molecule has 2 aromatic rings. The lowest BCUT2D eigenvalue weighted by molar-refractivity contribution is -0.104. The van der Waals surface area contributed by atoms with Gasteiger partial charge in [-0.1, -0.05) is 30.5 Å². The highest BCUT2D eigenvalue weighted by Gasteiger charge is 2.57. The lowest BCUT2D eigenvalue weighted by atomic mass is 9.59. The molecule has 1 amide bonds. The smallest absolute Gasteiger partial charge is 0.257 e. The number of aromatic nitrogens is 1. The minimum Gasteiger partial charge on any atom is -0.503 e. The van der Waals surface area contributed by atoms with Crippen molar-refractivity contribution in [2.24, 2.45) is 5.41 Å². The van der Waals surface area contributed by atoms with E-state index in [9.17, 15) is 29.0 Å². The number of Topliss-reactive ketones (excluding diaryl/α,β-unsaturated/α-hetero) is 1. The summed E-state index contributed by atoms with van der Waals surface area (Å²) in [5, 5.41) is 24.2. The molecule has 0 saturated heterocycles. The fourth-order valence-corrected chi connectivity index (χ4v) is 4.83. The van der Waals surface area contributed by atoms with E-state index in [0.717, 1.165) is 18.9 Å². The molecule has 1 aliphatic heterocycles. The highest BCUT2D eigenvalue weighted by atomic mass is 35.5. The van der Waals surface area contributed by atoms with Gasteiger partial charge in [0.25, 0.3) is 5.91 Å². The first-order valence-corrected chi connectivity index (χ1v) is 10.4. The normalized spacial score (nSPS) is 25.0. The highest BCUT2D eigenvalue weighted by Crippen LogP contribution is 2.50. The van der Waals surface area contributed by atoms with Gasteiger partial charge in [0.15, 0.2) is 11.5 Å². The Morgan fingerprint density at radius 2 is 2.00 bits per heavy atom. The molecule has 0 spiro atoms. The Labute approximate surface area is 182 Å². The van der Waals surface area contributed by atoms with Crippen LogP contribution in [0.4, 0.5) is 4.39 Å². The summed E-state index contributed by atoms with van der Waals surface area (Å²) in [6.45, 7) is 1.63. The number of nitrogens with zero attached hydrogens (tertiary/aromatic N) is 1. The molecule has 0 unspecified atom stereocenters. The van der Waals surface area contributed by atoms with Crippen molar-refractivity contribution in [3.8, 4) is 5.75 Å². The van der Waals surface area contributed by atoms with Crippen molar-refractivity contribution in [1.82, 2.24) is 9.88 Å². The molecule has 31 heavy (non-hydrogen) atoms. The minimum absolute atomic E-state index is 0.00768. The van der Waals surface area contributed by atoms with Crippen molar-refractivity contribution in [1.29, 1.82) is 0 Å². The van der Waals surface area contributed by atoms with Gasteiger partial charge in [-0.25, -0.2) is 4.39 Å². The number of amides is 1. The molecule has 2 aliphatic rings. The number of benzene rings is 1. The predicted molar refractivity (Wildman–Crippen MR) is 111 cm³/mol. The molecule has 0 radical (unpaired) electrons. The number of ketones is 1. The summed E-state index contributed by atoms with van der Waals surface area (Å²) in [4.78, 5) is 38.5. The Morgan fingerprint density at radius 1 is 1.29 bits per heavy atom. The van der Waals surface area contributed by atoms with Crippen LogP contribution in [0.5, 0.6) is 5.75 Å². The van der Waals surface area contributed by atoms with E-state index in [4.69, 9.17) is 11.6 Å². The van der Waals surface area contributed by atoms with Crippen LogP contribution in [-0.4, -0.2) is 32.1 Å². The van der Waals surface area contributed by atoms with E-state index >= 15 is 0 Å². The van der Waals surface area contributed by atoms with Crippen LogP contribution in [0.25, 0.3) is 0 Å². The third-order valence-corrected chi connectivity index (χ3v) is 6.92. The predicted octanol–water partition coefficient (Wildman–Crippen LogP) is 2.78. The molecule has 1 saturated carbocycles. The molecule has 4 rings (SSSR count). The molecule has 0 bridgehead atoms. The Balaban J connectivity index is 1.67. The van der Waals surface area contributed by atoms with Gasteiger partial charge in [0.2, 0.25) is 5.43 Å². The first kappa shape index (κ1) is 21.5. The maximum Gasteiger partial charge on any atom is 0.257 e. The number of hydrogen-bond donors (Lipinski definition) is 3. The second kappa shape index (κ2) is 7.46. The second-order valence-corrected chi connectivity index (χ2v) is 8.94. The quantitative estimate of drug-likeness (QED) is 0.669. The van der Waals surface area contributed by atoms with E-state index in [1.165, 1.54) is 22.9 Å². The Hall–Kier alpha value is -2.71. The first-order chi connectivity index (χ1) is 14.6. The number of pyridine rings is 1. The van der Waals surface area contributed by atoms with Gasteiger partial charge in [0.05, 0.1) is 22.6 Å².